The van der Waals surface area contributed by atoms with E-state index in [0.717, 1.165) is 25.7 Å². The molecule has 0 fully saturated rings. The summed E-state index contributed by atoms with van der Waals surface area (Å²) in [6, 6.07) is 0. The average molecular weight is 420 g/mol. The molecular formula is C17H22Cl2O2Zr. The topological polar surface area (TPSA) is 40.5 Å². The summed E-state index contributed by atoms with van der Waals surface area (Å²) in [5, 5.41) is 18.8. The van der Waals surface area contributed by atoms with E-state index in [2.05, 4.69) is 26.0 Å². The number of fused-ring (bicyclic) bond motifs is 2. The molecule has 4 bridgehead atoms. The predicted molar refractivity (Wildman–Crippen MR) is 76.6 cm³/mol. The monoisotopic (exact) mass is 418 g/mol. The first-order valence-electron chi connectivity index (χ1n) is 7.44. The summed E-state index contributed by atoms with van der Waals surface area (Å²) in [6.07, 6.45) is 8.68. The summed E-state index contributed by atoms with van der Waals surface area (Å²) < 4.78 is 3.32. The maximum absolute atomic E-state index is 9.40. The van der Waals surface area contributed by atoms with Crippen molar-refractivity contribution in [3.05, 3.63) is 41.0 Å². The number of halogens is 2. The zero-order chi connectivity index (χ0) is 14.3. The molecule has 0 amide bonds. The van der Waals surface area contributed by atoms with Crippen LogP contribution in [0.4, 0.5) is 0 Å². The van der Waals surface area contributed by atoms with Crippen LogP contribution in [0.15, 0.2) is 41.0 Å². The van der Waals surface area contributed by atoms with E-state index in [1.165, 1.54) is 22.3 Å². The van der Waals surface area contributed by atoms with Crippen LogP contribution in [-0.2, 0) is 23.2 Å². The fraction of sp³-hybridized carbons (Fsp3) is 0.529. The minimum atomic E-state index is -0.706. The van der Waals surface area contributed by atoms with Crippen LogP contribution in [0.3, 0.4) is 0 Å². The number of allylic oxidation sites excluding steroid dienone is 6. The van der Waals surface area contributed by atoms with Gasteiger partial charge in [-0.3, -0.25) is 0 Å². The predicted octanol–water partition coefficient (Wildman–Crippen LogP) is -2.95. The minimum absolute atomic E-state index is 0. The second-order valence-electron chi connectivity index (χ2n) is 6.26. The van der Waals surface area contributed by atoms with Crippen LogP contribution >= 0.6 is 0 Å². The summed E-state index contributed by atoms with van der Waals surface area (Å²) in [7, 11) is 0. The van der Waals surface area contributed by atoms with Crippen LogP contribution in [0.1, 0.15) is 39.5 Å². The molecule has 0 aromatic carbocycles. The average Bonchev–Trinajstić information content (AvgIpc) is 2.98. The van der Waals surface area contributed by atoms with Gasteiger partial charge in [0.05, 0.1) is 0 Å². The quantitative estimate of drug-likeness (QED) is 0.511. The molecule has 2 aliphatic carbocycles. The SMILES string of the molecule is CC1(C)C2=CC[C](=C2CCO)[Zr+2][C]2=C(CCO)C1=CC2.[Cl-].[Cl-]. The zero-order valence-corrected chi connectivity index (χ0v) is 17.0. The van der Waals surface area contributed by atoms with Crippen LogP contribution in [0, 0.1) is 5.41 Å². The Kier molecular flexibility index (Phi) is 7.36. The molecule has 0 unspecified atom stereocenters. The molecule has 1 aliphatic heterocycles. The number of aliphatic hydroxyl groups excluding tert-OH is 2. The first-order valence-corrected chi connectivity index (χ1v) is 9.90. The molecule has 0 radical (unpaired) electrons. The summed E-state index contributed by atoms with van der Waals surface area (Å²) in [5.41, 5.74) is 5.86. The molecule has 2 N–H and O–H groups in total. The van der Waals surface area contributed by atoms with Crippen LogP contribution in [-0.4, -0.2) is 23.4 Å². The van der Waals surface area contributed by atoms with Crippen LogP contribution in [0.25, 0.3) is 0 Å². The zero-order valence-electron chi connectivity index (χ0n) is 13.0. The van der Waals surface area contributed by atoms with Crippen molar-refractivity contribution in [3.8, 4) is 0 Å². The standard InChI is InChI=1S/C17H22O2.2ClH.Zr/c1-17(2,15-7-3-5-13(15)9-11-18)16-8-4-6-14(16)10-12-19;;;/h7-8,18-19H,3-4,9-12H2,1-2H3;2*1H;/q;;;+2/p-2. The molecular weight excluding hydrogens is 398 g/mol. The molecule has 22 heavy (non-hydrogen) atoms. The van der Waals surface area contributed by atoms with Gasteiger partial charge in [-0.2, -0.15) is 0 Å². The van der Waals surface area contributed by atoms with Crippen molar-refractivity contribution in [2.24, 2.45) is 5.41 Å². The van der Waals surface area contributed by atoms with Gasteiger partial charge in [0, 0.05) is 0 Å². The molecule has 5 heteroatoms. The molecule has 120 valence electrons. The number of aliphatic hydroxyl groups is 2. The van der Waals surface area contributed by atoms with E-state index in [9.17, 15) is 10.2 Å². The summed E-state index contributed by atoms with van der Waals surface area (Å²) in [6.45, 7) is 5.13. The van der Waals surface area contributed by atoms with E-state index >= 15 is 0 Å². The van der Waals surface area contributed by atoms with Gasteiger partial charge in [-0.1, -0.05) is 0 Å². The third-order valence-corrected chi connectivity index (χ3v) is 8.74. The van der Waals surface area contributed by atoms with Gasteiger partial charge in [-0.25, -0.2) is 0 Å². The van der Waals surface area contributed by atoms with E-state index in [0.29, 0.717) is 0 Å². The van der Waals surface area contributed by atoms with Crippen molar-refractivity contribution < 1.29 is 58.3 Å². The van der Waals surface area contributed by atoms with E-state index in [4.69, 9.17) is 0 Å². The van der Waals surface area contributed by atoms with Gasteiger partial charge < -0.3 is 24.8 Å². The molecule has 2 nitrogen and oxygen atoms in total. The van der Waals surface area contributed by atoms with E-state index in [-0.39, 0.29) is 43.4 Å². The fourth-order valence-electron chi connectivity index (χ4n) is 3.87. The van der Waals surface area contributed by atoms with Gasteiger partial charge >= 0.3 is 133 Å². The van der Waals surface area contributed by atoms with Crippen LogP contribution in [0.5, 0.6) is 0 Å². The summed E-state index contributed by atoms with van der Waals surface area (Å²) in [4.78, 5) is 0. The van der Waals surface area contributed by atoms with Gasteiger partial charge in [-0.15, -0.1) is 0 Å². The second kappa shape index (κ2) is 7.94. The van der Waals surface area contributed by atoms with Crippen molar-refractivity contribution in [1.82, 2.24) is 0 Å². The van der Waals surface area contributed by atoms with Gasteiger partial charge in [0.2, 0.25) is 0 Å². The normalized spacial score (nSPS) is 20.9. The summed E-state index contributed by atoms with van der Waals surface area (Å²) >= 11 is -0.706. The Bertz CT molecular complexity index is 523. The van der Waals surface area contributed by atoms with Crippen LogP contribution in [0.2, 0.25) is 0 Å². The molecule has 3 aliphatic rings. The van der Waals surface area contributed by atoms with Crippen LogP contribution < -0.4 is 24.8 Å². The largest absolute Gasteiger partial charge is 1.00 e. The number of hydrogen-bond acceptors (Lipinski definition) is 2. The Morgan fingerprint density at radius 2 is 1.32 bits per heavy atom. The van der Waals surface area contributed by atoms with E-state index in [1.54, 1.807) is 6.56 Å². The van der Waals surface area contributed by atoms with E-state index in [1.807, 2.05) is 0 Å². The number of hydrogen-bond donors (Lipinski definition) is 2. The van der Waals surface area contributed by atoms with Crippen molar-refractivity contribution in [3.63, 3.8) is 0 Å². The Morgan fingerprint density at radius 1 is 0.909 bits per heavy atom. The fourth-order valence-corrected chi connectivity index (χ4v) is 7.78. The van der Waals surface area contributed by atoms with Crippen molar-refractivity contribution in [1.29, 1.82) is 0 Å². The molecule has 1 heterocycles. The molecule has 0 saturated carbocycles. The van der Waals surface area contributed by atoms with Gasteiger partial charge in [0.1, 0.15) is 0 Å². The van der Waals surface area contributed by atoms with Crippen molar-refractivity contribution in [2.45, 2.75) is 39.5 Å². The number of rotatable bonds is 4. The smallest absolute Gasteiger partial charge is 1.00 e. The molecule has 0 spiro atoms. The molecule has 0 aromatic rings. The van der Waals surface area contributed by atoms with Crippen molar-refractivity contribution in [2.75, 3.05) is 13.2 Å². The summed E-state index contributed by atoms with van der Waals surface area (Å²) in [5.74, 6) is 0. The molecule has 0 atom stereocenters. The third kappa shape index (κ3) is 3.26. The minimum Gasteiger partial charge on any atom is -1.00 e. The third-order valence-electron chi connectivity index (χ3n) is 4.77. The molecule has 0 aromatic heterocycles. The van der Waals surface area contributed by atoms with Gasteiger partial charge in [0.15, 0.2) is 0 Å². The first-order chi connectivity index (χ1) is 9.59. The van der Waals surface area contributed by atoms with Crippen molar-refractivity contribution >= 4 is 0 Å². The molecule has 3 rings (SSSR count). The Hall–Kier alpha value is 0.343. The van der Waals surface area contributed by atoms with E-state index < -0.39 is 23.2 Å². The maximum atomic E-state index is 9.40. The first kappa shape index (κ1) is 20.4. The Balaban J connectivity index is 0.00000121. The maximum Gasteiger partial charge on any atom is -1.00 e. The Morgan fingerprint density at radius 3 is 1.68 bits per heavy atom. The Labute approximate surface area is 156 Å². The second-order valence-corrected chi connectivity index (χ2v) is 9.84. The molecule has 0 saturated heterocycles. The van der Waals surface area contributed by atoms with Gasteiger partial charge in [-0.05, 0) is 0 Å². The van der Waals surface area contributed by atoms with Gasteiger partial charge in [0.25, 0.3) is 0 Å².